The molecule has 25 heavy (non-hydrogen) atoms. The van der Waals surface area contributed by atoms with Crippen LogP contribution < -0.4 is 4.74 Å². The standard InChI is InChI=1S/C20H27FN2O2/c1-25-18-11-15(3-6-17(18)21)12-22-10-2-8-20(13-22)9-7-19(24)23(14-20)16-4-5-16/h3,6,11,16H,2,4-5,7-10,12-14H2,1H3. The molecule has 4 rings (SSSR count). The monoisotopic (exact) mass is 346 g/mol. The van der Waals surface area contributed by atoms with Gasteiger partial charge in [0.25, 0.3) is 0 Å². The molecule has 1 aliphatic carbocycles. The lowest BCUT2D eigenvalue weighted by atomic mass is 9.73. The minimum Gasteiger partial charge on any atom is -0.494 e. The van der Waals surface area contributed by atoms with E-state index in [2.05, 4.69) is 9.80 Å². The Hall–Kier alpha value is -1.62. The van der Waals surface area contributed by atoms with Crippen LogP contribution in [0.15, 0.2) is 18.2 Å². The minimum absolute atomic E-state index is 0.249. The molecule has 1 aromatic carbocycles. The number of nitrogens with zero attached hydrogens (tertiary/aromatic N) is 2. The number of ether oxygens (including phenoxy) is 1. The van der Waals surface area contributed by atoms with E-state index in [0.29, 0.717) is 24.1 Å². The van der Waals surface area contributed by atoms with Crippen molar-refractivity contribution in [2.45, 2.75) is 51.1 Å². The highest BCUT2D eigenvalue weighted by Gasteiger charge is 2.45. The number of likely N-dealkylation sites (tertiary alicyclic amines) is 2. The molecule has 5 heteroatoms. The van der Waals surface area contributed by atoms with E-state index in [1.807, 2.05) is 6.07 Å². The molecule has 0 radical (unpaired) electrons. The largest absolute Gasteiger partial charge is 0.494 e. The van der Waals surface area contributed by atoms with E-state index in [9.17, 15) is 9.18 Å². The van der Waals surface area contributed by atoms with Crippen molar-refractivity contribution in [3.05, 3.63) is 29.6 Å². The topological polar surface area (TPSA) is 32.8 Å². The summed E-state index contributed by atoms with van der Waals surface area (Å²) in [6, 6.07) is 5.65. The maximum absolute atomic E-state index is 13.6. The molecule has 2 heterocycles. The normalized spacial score (nSPS) is 27.8. The second kappa shape index (κ2) is 6.60. The zero-order valence-electron chi connectivity index (χ0n) is 15.0. The van der Waals surface area contributed by atoms with Crippen LogP contribution in [0.5, 0.6) is 5.75 Å². The van der Waals surface area contributed by atoms with E-state index in [0.717, 1.165) is 38.2 Å². The van der Waals surface area contributed by atoms with Gasteiger partial charge in [-0.1, -0.05) is 6.07 Å². The van der Waals surface area contributed by atoms with Crippen molar-refractivity contribution < 1.29 is 13.9 Å². The van der Waals surface area contributed by atoms with E-state index < -0.39 is 0 Å². The number of amides is 1. The van der Waals surface area contributed by atoms with Crippen LogP contribution in [0.1, 0.15) is 44.1 Å². The minimum atomic E-state index is -0.313. The lowest BCUT2D eigenvalue weighted by Crippen LogP contribution is -2.54. The number of hydrogen-bond donors (Lipinski definition) is 0. The number of carbonyl (C=O) groups excluding carboxylic acids is 1. The predicted octanol–water partition coefficient (Wildman–Crippen LogP) is 3.20. The molecular weight excluding hydrogens is 319 g/mol. The van der Waals surface area contributed by atoms with Gasteiger partial charge in [0.05, 0.1) is 7.11 Å². The Morgan fingerprint density at radius 3 is 2.88 bits per heavy atom. The average molecular weight is 346 g/mol. The Morgan fingerprint density at radius 2 is 2.12 bits per heavy atom. The van der Waals surface area contributed by atoms with Crippen molar-refractivity contribution in [3.8, 4) is 5.75 Å². The maximum atomic E-state index is 13.6. The van der Waals surface area contributed by atoms with Gasteiger partial charge in [-0.15, -0.1) is 0 Å². The second-order valence-corrected chi connectivity index (χ2v) is 8.04. The van der Waals surface area contributed by atoms with Gasteiger partial charge in [-0.05, 0) is 56.3 Å². The molecule has 136 valence electrons. The SMILES string of the molecule is COc1cc(CN2CCCC3(CCC(=O)N(C4CC4)C3)C2)ccc1F. The first kappa shape index (κ1) is 16.8. The van der Waals surface area contributed by atoms with Crippen LogP contribution in [0, 0.1) is 11.2 Å². The number of piperidine rings is 2. The fourth-order valence-corrected chi connectivity index (χ4v) is 4.60. The van der Waals surface area contributed by atoms with Crippen LogP contribution in [0.3, 0.4) is 0 Å². The summed E-state index contributed by atoms with van der Waals surface area (Å²) in [5, 5.41) is 0. The Balaban J connectivity index is 1.45. The summed E-state index contributed by atoms with van der Waals surface area (Å²) in [7, 11) is 1.50. The van der Waals surface area contributed by atoms with Crippen LogP contribution in [-0.2, 0) is 11.3 Å². The molecule has 1 amide bonds. The summed E-state index contributed by atoms with van der Waals surface area (Å²) in [5.41, 5.74) is 1.33. The molecule has 2 aliphatic heterocycles. The van der Waals surface area contributed by atoms with Crippen LogP contribution in [0.4, 0.5) is 4.39 Å². The van der Waals surface area contributed by atoms with Crippen LogP contribution in [0.2, 0.25) is 0 Å². The molecule has 1 unspecified atom stereocenters. The molecule has 1 spiro atoms. The van der Waals surface area contributed by atoms with E-state index in [4.69, 9.17) is 4.74 Å². The Labute approximate surface area is 148 Å². The summed E-state index contributed by atoms with van der Waals surface area (Å²) in [6.07, 6.45) is 6.46. The van der Waals surface area contributed by atoms with Gasteiger partial charge in [0.1, 0.15) is 0 Å². The van der Waals surface area contributed by atoms with Gasteiger partial charge < -0.3 is 9.64 Å². The molecule has 1 saturated carbocycles. The lowest BCUT2D eigenvalue weighted by Gasteiger charge is -2.48. The van der Waals surface area contributed by atoms with Crippen molar-refractivity contribution in [2.24, 2.45) is 5.41 Å². The highest BCUT2D eigenvalue weighted by molar-refractivity contribution is 5.78. The van der Waals surface area contributed by atoms with Crippen molar-refractivity contribution in [1.29, 1.82) is 0 Å². The molecule has 0 aromatic heterocycles. The number of benzene rings is 1. The quantitative estimate of drug-likeness (QED) is 0.839. The first-order valence-corrected chi connectivity index (χ1v) is 9.43. The summed E-state index contributed by atoms with van der Waals surface area (Å²) in [6.45, 7) is 3.84. The maximum Gasteiger partial charge on any atom is 0.222 e. The Bertz CT molecular complexity index is 661. The summed E-state index contributed by atoms with van der Waals surface area (Å²) in [4.78, 5) is 16.9. The van der Waals surface area contributed by atoms with Crippen molar-refractivity contribution in [1.82, 2.24) is 9.80 Å². The summed E-state index contributed by atoms with van der Waals surface area (Å²) in [5.74, 6) is 0.355. The van der Waals surface area contributed by atoms with Crippen molar-refractivity contribution in [2.75, 3.05) is 26.7 Å². The number of methoxy groups -OCH3 is 1. The molecule has 2 saturated heterocycles. The number of halogens is 1. The number of carbonyl (C=O) groups is 1. The highest BCUT2D eigenvalue weighted by Crippen LogP contribution is 2.42. The number of rotatable bonds is 4. The zero-order valence-corrected chi connectivity index (χ0v) is 15.0. The number of hydrogen-bond acceptors (Lipinski definition) is 3. The third-order valence-electron chi connectivity index (χ3n) is 6.05. The van der Waals surface area contributed by atoms with Crippen molar-refractivity contribution >= 4 is 5.91 Å². The molecule has 0 N–H and O–H groups in total. The van der Waals surface area contributed by atoms with Gasteiger partial charge in [0.15, 0.2) is 11.6 Å². The van der Waals surface area contributed by atoms with Gasteiger partial charge in [0.2, 0.25) is 5.91 Å². The van der Waals surface area contributed by atoms with Crippen molar-refractivity contribution in [3.63, 3.8) is 0 Å². The van der Waals surface area contributed by atoms with Gasteiger partial charge in [-0.3, -0.25) is 9.69 Å². The fourth-order valence-electron chi connectivity index (χ4n) is 4.60. The molecule has 4 nitrogen and oxygen atoms in total. The summed E-state index contributed by atoms with van der Waals surface area (Å²) < 4.78 is 18.7. The fraction of sp³-hybridized carbons (Fsp3) is 0.650. The average Bonchev–Trinajstić information content (AvgIpc) is 3.44. The first-order chi connectivity index (χ1) is 12.1. The predicted molar refractivity (Wildman–Crippen MR) is 93.9 cm³/mol. The van der Waals surface area contributed by atoms with E-state index in [1.54, 1.807) is 6.07 Å². The lowest BCUT2D eigenvalue weighted by molar-refractivity contribution is -0.140. The summed E-state index contributed by atoms with van der Waals surface area (Å²) >= 11 is 0. The highest BCUT2D eigenvalue weighted by atomic mass is 19.1. The third-order valence-corrected chi connectivity index (χ3v) is 6.05. The Morgan fingerprint density at radius 1 is 1.28 bits per heavy atom. The molecule has 3 aliphatic rings. The molecule has 1 aromatic rings. The molecule has 0 bridgehead atoms. The smallest absolute Gasteiger partial charge is 0.222 e. The van der Waals surface area contributed by atoms with Gasteiger partial charge in [-0.25, -0.2) is 4.39 Å². The van der Waals surface area contributed by atoms with Gasteiger partial charge in [-0.2, -0.15) is 0 Å². The second-order valence-electron chi connectivity index (χ2n) is 8.04. The van der Waals surface area contributed by atoms with Gasteiger partial charge >= 0.3 is 0 Å². The van der Waals surface area contributed by atoms with Crippen LogP contribution >= 0.6 is 0 Å². The van der Waals surface area contributed by atoms with Gasteiger partial charge in [0, 0.05) is 37.5 Å². The van der Waals surface area contributed by atoms with Crippen LogP contribution in [0.25, 0.3) is 0 Å². The van der Waals surface area contributed by atoms with E-state index in [-0.39, 0.29) is 11.2 Å². The third kappa shape index (κ3) is 3.52. The molecule has 3 fully saturated rings. The van der Waals surface area contributed by atoms with E-state index >= 15 is 0 Å². The Kier molecular flexibility index (Phi) is 4.44. The zero-order chi connectivity index (χ0) is 17.4. The first-order valence-electron chi connectivity index (χ1n) is 9.43. The van der Waals surface area contributed by atoms with E-state index in [1.165, 1.54) is 38.9 Å². The molecule has 1 atom stereocenters. The van der Waals surface area contributed by atoms with Crippen LogP contribution in [-0.4, -0.2) is 48.5 Å². The molecular formula is C20H27FN2O2.